The molecule has 1 aromatic carbocycles. The summed E-state index contributed by atoms with van der Waals surface area (Å²) in [6.07, 6.45) is 0.802. The first-order chi connectivity index (χ1) is 6.75. The monoisotopic (exact) mass is 200 g/mol. The van der Waals surface area contributed by atoms with Crippen LogP contribution in [0.3, 0.4) is 0 Å². The average molecular weight is 200 g/mol. The van der Waals surface area contributed by atoms with Crippen molar-refractivity contribution >= 4 is 0 Å². The van der Waals surface area contributed by atoms with E-state index in [-0.39, 0.29) is 12.1 Å². The molecular weight excluding hydrogens is 186 g/mol. The Hall–Kier alpha value is -1.00. The predicted octanol–water partition coefficient (Wildman–Crippen LogP) is 1.40. The maximum Gasteiger partial charge on any atom is 0.130 e. The molecule has 0 fully saturated rings. The third kappa shape index (κ3) is 3.05. The van der Waals surface area contributed by atoms with Gasteiger partial charge in [-0.25, -0.2) is 8.78 Å². The summed E-state index contributed by atoms with van der Waals surface area (Å²) in [4.78, 5) is 0. The fourth-order valence-electron chi connectivity index (χ4n) is 1.14. The van der Waals surface area contributed by atoms with Gasteiger partial charge in [0.1, 0.15) is 11.6 Å². The zero-order valence-electron chi connectivity index (χ0n) is 7.89. The van der Waals surface area contributed by atoms with Gasteiger partial charge in [0.25, 0.3) is 0 Å². The lowest BCUT2D eigenvalue weighted by Crippen LogP contribution is -2.19. The van der Waals surface area contributed by atoms with Gasteiger partial charge < -0.3 is 11.1 Å². The van der Waals surface area contributed by atoms with E-state index in [9.17, 15) is 8.78 Å². The van der Waals surface area contributed by atoms with Gasteiger partial charge in [-0.1, -0.05) is 6.07 Å². The molecule has 0 aliphatic carbocycles. The van der Waals surface area contributed by atoms with E-state index < -0.39 is 11.6 Å². The molecule has 14 heavy (non-hydrogen) atoms. The van der Waals surface area contributed by atoms with Gasteiger partial charge >= 0.3 is 0 Å². The lowest BCUT2D eigenvalue weighted by Gasteiger charge is -2.05. The molecule has 3 N–H and O–H groups in total. The average Bonchev–Trinajstić information content (AvgIpc) is 2.16. The molecule has 0 atom stereocenters. The Bertz CT molecular complexity index is 269. The van der Waals surface area contributed by atoms with E-state index in [1.54, 1.807) is 0 Å². The van der Waals surface area contributed by atoms with Crippen LogP contribution < -0.4 is 11.1 Å². The van der Waals surface area contributed by atoms with Gasteiger partial charge in [-0.15, -0.1) is 0 Å². The fourth-order valence-corrected chi connectivity index (χ4v) is 1.14. The Morgan fingerprint density at radius 2 is 1.86 bits per heavy atom. The molecule has 0 saturated carbocycles. The molecule has 0 aliphatic heterocycles. The molecule has 0 saturated heterocycles. The molecule has 1 aromatic rings. The molecule has 0 aromatic heterocycles. The van der Waals surface area contributed by atoms with Gasteiger partial charge in [-0.3, -0.25) is 0 Å². The summed E-state index contributed by atoms with van der Waals surface area (Å²) in [6, 6.07) is 3.86. The van der Waals surface area contributed by atoms with Crippen LogP contribution >= 0.6 is 0 Å². The van der Waals surface area contributed by atoms with Crippen LogP contribution in [-0.4, -0.2) is 13.1 Å². The molecule has 2 nitrogen and oxygen atoms in total. The minimum absolute atomic E-state index is 0.0875. The van der Waals surface area contributed by atoms with Crippen molar-refractivity contribution < 1.29 is 8.78 Å². The van der Waals surface area contributed by atoms with E-state index in [1.807, 2.05) is 0 Å². The summed E-state index contributed by atoms with van der Waals surface area (Å²) in [5, 5.41) is 2.92. The number of nitrogens with one attached hydrogen (secondary N) is 1. The maximum absolute atomic E-state index is 13.1. The highest BCUT2D eigenvalue weighted by atomic mass is 19.1. The Balaban J connectivity index is 2.49. The van der Waals surface area contributed by atoms with E-state index >= 15 is 0 Å². The minimum atomic E-state index is -0.509. The van der Waals surface area contributed by atoms with Crippen LogP contribution in [0.1, 0.15) is 12.0 Å². The molecule has 1 rings (SSSR count). The third-order valence-electron chi connectivity index (χ3n) is 1.92. The number of hydrogen-bond acceptors (Lipinski definition) is 2. The SMILES string of the molecule is NCCCNCc1c(F)cccc1F. The largest absolute Gasteiger partial charge is 0.330 e. The molecule has 0 aliphatic rings. The Morgan fingerprint density at radius 1 is 1.21 bits per heavy atom. The van der Waals surface area contributed by atoms with Crippen LogP contribution in [0.15, 0.2) is 18.2 Å². The van der Waals surface area contributed by atoms with E-state index in [0.717, 1.165) is 6.42 Å². The van der Waals surface area contributed by atoms with Crippen LogP contribution in [-0.2, 0) is 6.54 Å². The first kappa shape index (κ1) is 11.1. The van der Waals surface area contributed by atoms with E-state index in [2.05, 4.69) is 5.32 Å². The highest BCUT2D eigenvalue weighted by Gasteiger charge is 2.06. The van der Waals surface area contributed by atoms with Crippen molar-refractivity contribution in [3.05, 3.63) is 35.4 Å². The number of hydrogen-bond donors (Lipinski definition) is 2. The lowest BCUT2D eigenvalue weighted by molar-refractivity contribution is 0.533. The number of nitrogens with two attached hydrogens (primary N) is 1. The fraction of sp³-hybridized carbons (Fsp3) is 0.400. The van der Waals surface area contributed by atoms with Crippen molar-refractivity contribution in [1.29, 1.82) is 0 Å². The zero-order valence-corrected chi connectivity index (χ0v) is 7.89. The molecule has 0 heterocycles. The second kappa shape index (κ2) is 5.67. The van der Waals surface area contributed by atoms with Crippen molar-refractivity contribution in [1.82, 2.24) is 5.32 Å². The van der Waals surface area contributed by atoms with Gasteiger partial charge in [-0.05, 0) is 31.6 Å². The summed E-state index contributed by atoms with van der Waals surface area (Å²) in [5.74, 6) is -1.02. The van der Waals surface area contributed by atoms with Crippen molar-refractivity contribution in [2.24, 2.45) is 5.73 Å². The second-order valence-corrected chi connectivity index (χ2v) is 3.02. The van der Waals surface area contributed by atoms with E-state index in [4.69, 9.17) is 5.73 Å². The van der Waals surface area contributed by atoms with Crippen LogP contribution in [0.5, 0.6) is 0 Å². The maximum atomic E-state index is 13.1. The van der Waals surface area contributed by atoms with Gasteiger partial charge in [0, 0.05) is 12.1 Å². The number of rotatable bonds is 5. The number of benzene rings is 1. The van der Waals surface area contributed by atoms with Gasteiger partial charge in [0.2, 0.25) is 0 Å². The zero-order chi connectivity index (χ0) is 10.4. The molecule has 4 heteroatoms. The topological polar surface area (TPSA) is 38.0 Å². The first-order valence-electron chi connectivity index (χ1n) is 4.59. The van der Waals surface area contributed by atoms with Gasteiger partial charge in [0.15, 0.2) is 0 Å². The van der Waals surface area contributed by atoms with Gasteiger partial charge in [0.05, 0.1) is 0 Å². The standard InChI is InChI=1S/C10H14F2N2/c11-9-3-1-4-10(12)8(9)7-14-6-2-5-13/h1,3-4,14H,2,5-7,13H2. The van der Waals surface area contributed by atoms with Crippen molar-refractivity contribution in [3.8, 4) is 0 Å². The third-order valence-corrected chi connectivity index (χ3v) is 1.92. The minimum Gasteiger partial charge on any atom is -0.330 e. The smallest absolute Gasteiger partial charge is 0.130 e. The predicted molar refractivity (Wildman–Crippen MR) is 51.7 cm³/mol. The normalized spacial score (nSPS) is 10.5. The molecule has 0 amide bonds. The summed E-state index contributed by atoms with van der Waals surface area (Å²) in [7, 11) is 0. The van der Waals surface area contributed by atoms with Crippen molar-refractivity contribution in [2.75, 3.05) is 13.1 Å². The van der Waals surface area contributed by atoms with Gasteiger partial charge in [-0.2, -0.15) is 0 Å². The highest BCUT2D eigenvalue weighted by molar-refractivity contribution is 5.19. The van der Waals surface area contributed by atoms with Crippen LogP contribution in [0, 0.1) is 11.6 Å². The molecule has 0 bridgehead atoms. The van der Waals surface area contributed by atoms with Crippen molar-refractivity contribution in [2.45, 2.75) is 13.0 Å². The molecule has 0 radical (unpaired) electrons. The molecule has 78 valence electrons. The lowest BCUT2D eigenvalue weighted by atomic mass is 10.2. The molecule has 0 unspecified atom stereocenters. The highest BCUT2D eigenvalue weighted by Crippen LogP contribution is 2.11. The Kier molecular flexibility index (Phi) is 4.49. The Labute approximate surface area is 82.1 Å². The quantitative estimate of drug-likeness (QED) is 0.705. The van der Waals surface area contributed by atoms with E-state index in [0.29, 0.717) is 13.1 Å². The Morgan fingerprint density at radius 3 is 2.43 bits per heavy atom. The van der Waals surface area contributed by atoms with Crippen LogP contribution in [0.2, 0.25) is 0 Å². The van der Waals surface area contributed by atoms with Crippen LogP contribution in [0.4, 0.5) is 8.78 Å². The van der Waals surface area contributed by atoms with E-state index in [1.165, 1.54) is 18.2 Å². The summed E-state index contributed by atoms with van der Waals surface area (Å²) >= 11 is 0. The van der Waals surface area contributed by atoms with Crippen LogP contribution in [0.25, 0.3) is 0 Å². The first-order valence-corrected chi connectivity index (χ1v) is 4.59. The molecular formula is C10H14F2N2. The molecule has 0 spiro atoms. The second-order valence-electron chi connectivity index (χ2n) is 3.02. The summed E-state index contributed by atoms with van der Waals surface area (Å²) in [6.45, 7) is 1.45. The summed E-state index contributed by atoms with van der Waals surface area (Å²) < 4.78 is 26.1. The summed E-state index contributed by atoms with van der Waals surface area (Å²) in [5.41, 5.74) is 5.37. The van der Waals surface area contributed by atoms with Crippen molar-refractivity contribution in [3.63, 3.8) is 0 Å². The number of halogens is 2.